The van der Waals surface area contributed by atoms with E-state index in [1.54, 1.807) is 33.8 Å². The summed E-state index contributed by atoms with van der Waals surface area (Å²) in [5.74, 6) is -0.432. The van der Waals surface area contributed by atoms with Gasteiger partial charge in [-0.3, -0.25) is 0 Å². The molecule has 0 aromatic rings. The van der Waals surface area contributed by atoms with Crippen LogP contribution in [0.5, 0.6) is 0 Å². The Balaban J connectivity index is 4.51. The second kappa shape index (κ2) is 7.71. The van der Waals surface area contributed by atoms with Crippen LogP contribution in [-0.4, -0.2) is 25.3 Å². The summed E-state index contributed by atoms with van der Waals surface area (Å²) in [6.45, 7) is 7.51. The summed E-state index contributed by atoms with van der Waals surface area (Å²) in [6.07, 6.45) is -0.692. The van der Waals surface area contributed by atoms with Crippen LogP contribution >= 0.6 is 0 Å². The lowest BCUT2D eigenvalue weighted by atomic mass is 10.4. The Labute approximate surface area is 95.6 Å². The van der Waals surface area contributed by atoms with Gasteiger partial charge in [-0.05, 0) is 27.7 Å². The molecule has 0 bridgehead atoms. The van der Waals surface area contributed by atoms with Gasteiger partial charge in [-0.15, -0.1) is 0 Å². The summed E-state index contributed by atoms with van der Waals surface area (Å²) in [5, 5.41) is 8.78. The van der Waals surface area contributed by atoms with E-state index in [1.807, 2.05) is 0 Å². The van der Waals surface area contributed by atoms with E-state index in [0.717, 1.165) is 0 Å². The monoisotopic (exact) mass is 227 g/mol. The first-order chi connectivity index (χ1) is 7.56. The zero-order valence-electron chi connectivity index (χ0n) is 10.1. The van der Waals surface area contributed by atoms with Gasteiger partial charge in [0.25, 0.3) is 0 Å². The third-order valence-corrected chi connectivity index (χ3v) is 1.73. The number of carbonyl (C=O) groups is 1. The van der Waals surface area contributed by atoms with E-state index in [-0.39, 0.29) is 5.76 Å². The van der Waals surface area contributed by atoms with Crippen LogP contribution in [0.15, 0.2) is 11.5 Å². The van der Waals surface area contributed by atoms with Gasteiger partial charge in [0.05, 0.1) is 6.61 Å². The molecule has 0 saturated heterocycles. The molecule has 5 nitrogen and oxygen atoms in total. The zero-order chi connectivity index (χ0) is 12.6. The van der Waals surface area contributed by atoms with Gasteiger partial charge in [-0.1, -0.05) is 0 Å². The van der Waals surface area contributed by atoms with Crippen molar-refractivity contribution in [2.45, 2.75) is 33.8 Å². The maximum absolute atomic E-state index is 11.4. The molecule has 0 fully saturated rings. The van der Waals surface area contributed by atoms with Crippen LogP contribution in [0.2, 0.25) is 0 Å². The highest BCUT2D eigenvalue weighted by Crippen LogP contribution is 2.08. The maximum atomic E-state index is 11.4. The number of carbonyl (C=O) groups excluding carboxylic acids is 1. The third kappa shape index (κ3) is 4.80. The van der Waals surface area contributed by atoms with E-state index in [2.05, 4.69) is 0 Å². The number of allylic oxidation sites excluding steroid dienone is 2. The van der Waals surface area contributed by atoms with Crippen LogP contribution in [-0.2, 0) is 19.0 Å². The molecule has 0 aliphatic heterocycles. The first kappa shape index (κ1) is 14.5. The minimum absolute atomic E-state index is 0.126. The highest BCUT2D eigenvalue weighted by molar-refractivity contribution is 5.75. The number of hydrogen-bond acceptors (Lipinski definition) is 5. The molecule has 1 atom stereocenters. The Kier molecular flexibility index (Phi) is 6.97. The Morgan fingerprint density at radius 2 is 2.00 bits per heavy atom. The molecule has 0 spiro atoms. The summed E-state index contributed by atoms with van der Waals surface area (Å²) in [5.41, 5.74) is 0. The number of esters is 1. The standard InChI is InChI=1S/C11H17NO4/c1-5-14-8(3)10(7-12)16-11(13)9(4)15-6-2/h9H,5-6H2,1-4H3/b10-8+. The van der Waals surface area contributed by atoms with Gasteiger partial charge in [0.1, 0.15) is 11.8 Å². The van der Waals surface area contributed by atoms with E-state index >= 15 is 0 Å². The van der Waals surface area contributed by atoms with Gasteiger partial charge >= 0.3 is 5.97 Å². The molecule has 0 heterocycles. The molecule has 0 aliphatic carbocycles. The van der Waals surface area contributed by atoms with E-state index < -0.39 is 12.1 Å². The molecule has 0 amide bonds. The third-order valence-electron chi connectivity index (χ3n) is 1.73. The zero-order valence-corrected chi connectivity index (χ0v) is 10.1. The van der Waals surface area contributed by atoms with Crippen molar-refractivity contribution in [3.63, 3.8) is 0 Å². The molecule has 0 aliphatic rings. The first-order valence-corrected chi connectivity index (χ1v) is 5.13. The fourth-order valence-electron chi connectivity index (χ4n) is 0.957. The Bertz CT molecular complexity index is 304. The molecule has 1 unspecified atom stereocenters. The van der Waals surface area contributed by atoms with Gasteiger partial charge < -0.3 is 14.2 Å². The minimum atomic E-state index is -0.692. The fourth-order valence-corrected chi connectivity index (χ4v) is 0.957. The molecule has 0 aromatic carbocycles. The molecular formula is C11H17NO4. The molecule has 0 rings (SSSR count). The van der Waals surface area contributed by atoms with Crippen molar-refractivity contribution in [3.8, 4) is 6.07 Å². The number of nitrogens with zero attached hydrogens (tertiary/aromatic N) is 1. The van der Waals surface area contributed by atoms with Crippen LogP contribution in [0.25, 0.3) is 0 Å². The lowest BCUT2D eigenvalue weighted by Gasteiger charge is -2.11. The number of hydrogen-bond donors (Lipinski definition) is 0. The molecular weight excluding hydrogens is 210 g/mol. The summed E-state index contributed by atoms with van der Waals surface area (Å²) >= 11 is 0. The Morgan fingerprint density at radius 3 is 2.44 bits per heavy atom. The smallest absolute Gasteiger partial charge is 0.341 e. The highest BCUT2D eigenvalue weighted by Gasteiger charge is 2.18. The predicted octanol–water partition coefficient (Wildman–Crippen LogP) is 1.75. The van der Waals surface area contributed by atoms with Crippen molar-refractivity contribution in [1.82, 2.24) is 0 Å². The van der Waals surface area contributed by atoms with Gasteiger partial charge in [-0.2, -0.15) is 5.26 Å². The van der Waals surface area contributed by atoms with Crippen LogP contribution in [0.4, 0.5) is 0 Å². The average Bonchev–Trinajstić information content (AvgIpc) is 2.26. The van der Waals surface area contributed by atoms with E-state index in [0.29, 0.717) is 19.0 Å². The van der Waals surface area contributed by atoms with Crippen LogP contribution in [0.3, 0.4) is 0 Å². The maximum Gasteiger partial charge on any atom is 0.341 e. The van der Waals surface area contributed by atoms with Crippen LogP contribution < -0.4 is 0 Å². The van der Waals surface area contributed by atoms with Crippen LogP contribution in [0.1, 0.15) is 27.7 Å². The quantitative estimate of drug-likeness (QED) is 0.393. The lowest BCUT2D eigenvalue weighted by molar-refractivity contribution is -0.151. The van der Waals surface area contributed by atoms with Crippen molar-refractivity contribution < 1.29 is 19.0 Å². The average molecular weight is 227 g/mol. The number of rotatable bonds is 6. The second-order valence-corrected chi connectivity index (χ2v) is 2.95. The molecule has 0 saturated carbocycles. The number of ether oxygens (including phenoxy) is 3. The van der Waals surface area contributed by atoms with Crippen LogP contribution in [0, 0.1) is 11.3 Å². The second-order valence-electron chi connectivity index (χ2n) is 2.95. The van der Waals surface area contributed by atoms with Crippen molar-refractivity contribution in [2.24, 2.45) is 0 Å². The molecule has 5 heteroatoms. The SMILES string of the molecule is CCO/C(C)=C(\C#N)OC(=O)C(C)OCC. The topological polar surface area (TPSA) is 68.5 Å². The molecule has 0 radical (unpaired) electrons. The van der Waals surface area contributed by atoms with Crippen molar-refractivity contribution in [1.29, 1.82) is 5.26 Å². The fraction of sp³-hybridized carbons (Fsp3) is 0.636. The van der Waals surface area contributed by atoms with Gasteiger partial charge in [-0.25, -0.2) is 4.79 Å². The highest BCUT2D eigenvalue weighted by atomic mass is 16.6. The molecule has 90 valence electrons. The molecule has 0 N–H and O–H groups in total. The number of nitriles is 1. The van der Waals surface area contributed by atoms with Gasteiger partial charge in [0.15, 0.2) is 6.10 Å². The minimum Gasteiger partial charge on any atom is -0.494 e. The van der Waals surface area contributed by atoms with E-state index in [1.165, 1.54) is 0 Å². The summed E-state index contributed by atoms with van der Waals surface area (Å²) in [7, 11) is 0. The van der Waals surface area contributed by atoms with Crippen molar-refractivity contribution in [2.75, 3.05) is 13.2 Å². The van der Waals surface area contributed by atoms with Crippen molar-refractivity contribution in [3.05, 3.63) is 11.5 Å². The predicted molar refractivity (Wildman–Crippen MR) is 57.1 cm³/mol. The van der Waals surface area contributed by atoms with Gasteiger partial charge in [0, 0.05) is 6.61 Å². The Morgan fingerprint density at radius 1 is 1.38 bits per heavy atom. The normalized spacial score (nSPS) is 13.4. The van der Waals surface area contributed by atoms with Crippen molar-refractivity contribution >= 4 is 5.97 Å². The van der Waals surface area contributed by atoms with Gasteiger partial charge in [0.2, 0.25) is 5.76 Å². The summed E-state index contributed by atoms with van der Waals surface area (Å²) in [4.78, 5) is 11.4. The lowest BCUT2D eigenvalue weighted by Crippen LogP contribution is -2.23. The first-order valence-electron chi connectivity index (χ1n) is 5.13. The largest absolute Gasteiger partial charge is 0.494 e. The molecule has 0 aromatic heterocycles. The van der Waals surface area contributed by atoms with E-state index in [4.69, 9.17) is 19.5 Å². The molecule has 16 heavy (non-hydrogen) atoms. The summed E-state index contributed by atoms with van der Waals surface area (Å²) < 4.78 is 15.0. The Hall–Kier alpha value is -1.54. The van der Waals surface area contributed by atoms with E-state index in [9.17, 15) is 4.79 Å². The summed E-state index contributed by atoms with van der Waals surface area (Å²) in [6, 6.07) is 1.77.